The van der Waals surface area contributed by atoms with Crippen molar-refractivity contribution in [2.45, 2.75) is 38.0 Å². The van der Waals surface area contributed by atoms with Crippen molar-refractivity contribution in [3.8, 4) is 0 Å². The average molecular weight is 220 g/mol. The molecule has 84 valence electrons. The first-order chi connectivity index (χ1) is 6.23. The SMILES string of the molecule is FC(F)(F)[C@H]1CCCC[C@@H]1C(F)(F)F. The fourth-order valence-corrected chi connectivity index (χ4v) is 1.91. The number of hydrogen-bond donors (Lipinski definition) is 0. The molecule has 0 aromatic heterocycles. The van der Waals surface area contributed by atoms with Crippen LogP contribution in [0.15, 0.2) is 0 Å². The molecular formula is C8H10F6. The lowest BCUT2D eigenvalue weighted by atomic mass is 9.78. The molecule has 0 heterocycles. The Labute approximate surface area is 77.3 Å². The molecule has 0 unspecified atom stereocenters. The minimum absolute atomic E-state index is 0.233. The summed E-state index contributed by atoms with van der Waals surface area (Å²) in [7, 11) is 0. The van der Waals surface area contributed by atoms with Crippen molar-refractivity contribution in [3.05, 3.63) is 0 Å². The van der Waals surface area contributed by atoms with Crippen LogP contribution in [0.3, 0.4) is 0 Å². The molecule has 2 atom stereocenters. The van der Waals surface area contributed by atoms with E-state index in [1.165, 1.54) is 0 Å². The van der Waals surface area contributed by atoms with Crippen molar-refractivity contribution in [2.75, 3.05) is 0 Å². The third-order valence-electron chi connectivity index (χ3n) is 2.61. The second kappa shape index (κ2) is 3.62. The smallest absolute Gasteiger partial charge is 0.171 e. The summed E-state index contributed by atoms with van der Waals surface area (Å²) in [5.41, 5.74) is 0. The maximum absolute atomic E-state index is 12.2. The van der Waals surface area contributed by atoms with Crippen LogP contribution < -0.4 is 0 Å². The van der Waals surface area contributed by atoms with Gasteiger partial charge in [0.2, 0.25) is 0 Å². The maximum Gasteiger partial charge on any atom is 0.392 e. The van der Waals surface area contributed by atoms with Gasteiger partial charge in [0.25, 0.3) is 0 Å². The van der Waals surface area contributed by atoms with Crippen molar-refractivity contribution < 1.29 is 26.3 Å². The number of hydrogen-bond acceptors (Lipinski definition) is 0. The van der Waals surface area contributed by atoms with Gasteiger partial charge >= 0.3 is 12.4 Å². The zero-order chi connectivity index (χ0) is 11.0. The van der Waals surface area contributed by atoms with Gasteiger partial charge in [0.15, 0.2) is 0 Å². The Morgan fingerprint density at radius 1 is 0.643 bits per heavy atom. The molecule has 0 nitrogen and oxygen atoms in total. The lowest BCUT2D eigenvalue weighted by molar-refractivity contribution is -0.262. The maximum atomic E-state index is 12.2. The molecule has 0 spiro atoms. The van der Waals surface area contributed by atoms with E-state index < -0.39 is 37.0 Å². The number of alkyl halides is 6. The molecule has 1 rings (SSSR count). The fraction of sp³-hybridized carbons (Fsp3) is 1.00. The van der Waals surface area contributed by atoms with Gasteiger partial charge in [0.1, 0.15) is 0 Å². The average Bonchev–Trinajstić information content (AvgIpc) is 2.01. The Kier molecular flexibility index (Phi) is 3.02. The summed E-state index contributed by atoms with van der Waals surface area (Å²) in [4.78, 5) is 0. The summed E-state index contributed by atoms with van der Waals surface area (Å²) in [6, 6.07) is 0. The molecule has 6 heteroatoms. The Balaban J connectivity index is 2.80. The molecule has 0 bridgehead atoms. The van der Waals surface area contributed by atoms with Gasteiger partial charge in [-0.15, -0.1) is 0 Å². The first-order valence-corrected chi connectivity index (χ1v) is 4.36. The molecule has 1 fully saturated rings. The van der Waals surface area contributed by atoms with E-state index in [2.05, 4.69) is 0 Å². The van der Waals surface area contributed by atoms with Crippen molar-refractivity contribution >= 4 is 0 Å². The van der Waals surface area contributed by atoms with Gasteiger partial charge in [0, 0.05) is 0 Å². The van der Waals surface area contributed by atoms with Gasteiger partial charge in [-0.05, 0) is 12.8 Å². The topological polar surface area (TPSA) is 0 Å². The number of rotatable bonds is 0. The predicted molar refractivity (Wildman–Crippen MR) is 37.6 cm³/mol. The molecule has 14 heavy (non-hydrogen) atoms. The molecule has 1 saturated carbocycles. The number of halogens is 6. The highest BCUT2D eigenvalue weighted by molar-refractivity contribution is 4.84. The van der Waals surface area contributed by atoms with Crippen molar-refractivity contribution in [3.63, 3.8) is 0 Å². The first kappa shape index (κ1) is 11.7. The van der Waals surface area contributed by atoms with Crippen LogP contribution in [0.1, 0.15) is 25.7 Å². The molecule has 0 aliphatic heterocycles. The van der Waals surface area contributed by atoms with E-state index in [9.17, 15) is 26.3 Å². The van der Waals surface area contributed by atoms with E-state index in [-0.39, 0.29) is 12.8 Å². The van der Waals surface area contributed by atoms with Crippen LogP contribution in [0.4, 0.5) is 26.3 Å². The van der Waals surface area contributed by atoms with E-state index in [1.807, 2.05) is 0 Å². The van der Waals surface area contributed by atoms with Crippen LogP contribution in [0.5, 0.6) is 0 Å². The van der Waals surface area contributed by atoms with Crippen LogP contribution in [0, 0.1) is 11.8 Å². The Bertz CT molecular complexity index is 169. The highest BCUT2D eigenvalue weighted by Crippen LogP contribution is 2.48. The van der Waals surface area contributed by atoms with Crippen molar-refractivity contribution in [1.82, 2.24) is 0 Å². The third kappa shape index (κ3) is 2.54. The van der Waals surface area contributed by atoms with E-state index in [0.29, 0.717) is 0 Å². The third-order valence-corrected chi connectivity index (χ3v) is 2.61. The largest absolute Gasteiger partial charge is 0.392 e. The van der Waals surface area contributed by atoms with Gasteiger partial charge in [-0.2, -0.15) is 26.3 Å². The zero-order valence-corrected chi connectivity index (χ0v) is 7.25. The predicted octanol–water partition coefficient (Wildman–Crippen LogP) is 3.92. The molecule has 0 saturated heterocycles. The molecular weight excluding hydrogens is 210 g/mol. The van der Waals surface area contributed by atoms with Crippen LogP contribution in [-0.2, 0) is 0 Å². The van der Waals surface area contributed by atoms with Crippen LogP contribution in [-0.4, -0.2) is 12.4 Å². The Hall–Kier alpha value is -0.420. The lowest BCUT2D eigenvalue weighted by Gasteiger charge is -2.34. The summed E-state index contributed by atoms with van der Waals surface area (Å²) in [5, 5.41) is 0. The van der Waals surface area contributed by atoms with E-state index in [4.69, 9.17) is 0 Å². The normalized spacial score (nSPS) is 30.4. The first-order valence-electron chi connectivity index (χ1n) is 4.36. The quantitative estimate of drug-likeness (QED) is 0.543. The van der Waals surface area contributed by atoms with E-state index in [1.54, 1.807) is 0 Å². The van der Waals surface area contributed by atoms with Gasteiger partial charge < -0.3 is 0 Å². The second-order valence-electron chi connectivity index (χ2n) is 3.58. The van der Waals surface area contributed by atoms with Crippen molar-refractivity contribution in [1.29, 1.82) is 0 Å². The highest BCUT2D eigenvalue weighted by atomic mass is 19.4. The summed E-state index contributed by atoms with van der Waals surface area (Å²) in [6.45, 7) is 0. The Morgan fingerprint density at radius 3 is 1.14 bits per heavy atom. The molecule has 0 radical (unpaired) electrons. The summed E-state index contributed by atoms with van der Waals surface area (Å²) >= 11 is 0. The fourth-order valence-electron chi connectivity index (χ4n) is 1.91. The van der Waals surface area contributed by atoms with Gasteiger partial charge in [-0.25, -0.2) is 0 Å². The monoisotopic (exact) mass is 220 g/mol. The minimum Gasteiger partial charge on any atom is -0.171 e. The van der Waals surface area contributed by atoms with Crippen LogP contribution in [0.2, 0.25) is 0 Å². The molecule has 0 aromatic carbocycles. The van der Waals surface area contributed by atoms with E-state index >= 15 is 0 Å². The molecule has 0 amide bonds. The minimum atomic E-state index is -4.72. The molecule has 1 aliphatic carbocycles. The standard InChI is InChI=1S/C8H10F6/c9-7(10,11)5-3-1-2-4-6(5)8(12,13)14/h5-6H,1-4H2/t5-,6-/m0/s1. The van der Waals surface area contributed by atoms with Gasteiger partial charge in [-0.1, -0.05) is 12.8 Å². The molecule has 0 N–H and O–H groups in total. The summed E-state index contributed by atoms with van der Waals surface area (Å²) in [6.07, 6.45) is -9.77. The van der Waals surface area contributed by atoms with E-state index in [0.717, 1.165) is 0 Å². The summed E-state index contributed by atoms with van der Waals surface area (Å²) in [5.74, 6) is -4.40. The lowest BCUT2D eigenvalue weighted by Crippen LogP contribution is -2.40. The van der Waals surface area contributed by atoms with Crippen molar-refractivity contribution in [2.24, 2.45) is 11.8 Å². The molecule has 1 aliphatic rings. The van der Waals surface area contributed by atoms with Gasteiger partial charge in [-0.3, -0.25) is 0 Å². The second-order valence-corrected chi connectivity index (χ2v) is 3.58. The Morgan fingerprint density at radius 2 is 0.929 bits per heavy atom. The highest BCUT2D eigenvalue weighted by Gasteiger charge is 2.55. The molecule has 0 aromatic rings. The summed E-state index contributed by atoms with van der Waals surface area (Å²) < 4.78 is 73.3. The van der Waals surface area contributed by atoms with Crippen LogP contribution >= 0.6 is 0 Å². The van der Waals surface area contributed by atoms with Crippen LogP contribution in [0.25, 0.3) is 0 Å². The zero-order valence-electron chi connectivity index (χ0n) is 7.25. The van der Waals surface area contributed by atoms with Gasteiger partial charge in [0.05, 0.1) is 11.8 Å².